The van der Waals surface area contributed by atoms with Gasteiger partial charge in [-0.2, -0.15) is 4.31 Å². The topological polar surface area (TPSA) is 101 Å². The minimum absolute atomic E-state index is 0.0562. The summed E-state index contributed by atoms with van der Waals surface area (Å²) in [4.78, 5) is 12.7. The van der Waals surface area contributed by atoms with Gasteiger partial charge in [-0.25, -0.2) is 16.8 Å². The summed E-state index contributed by atoms with van der Waals surface area (Å²) in [6, 6.07) is 14.9. The molecule has 3 rings (SSSR count). The van der Waals surface area contributed by atoms with E-state index in [0.29, 0.717) is 48.5 Å². The number of hydrogen-bond acceptors (Lipinski definition) is 5. The van der Waals surface area contributed by atoms with E-state index in [2.05, 4.69) is 5.32 Å². The van der Waals surface area contributed by atoms with E-state index in [9.17, 15) is 21.6 Å². The highest BCUT2D eigenvalue weighted by molar-refractivity contribution is 7.90. The summed E-state index contributed by atoms with van der Waals surface area (Å²) in [5, 5.41) is 2.90. The lowest BCUT2D eigenvalue weighted by atomic mass is 9.98. The Bertz CT molecular complexity index is 1070. The smallest absolute Gasteiger partial charge is 0.251 e. The van der Waals surface area contributed by atoms with Crippen LogP contribution < -0.4 is 5.32 Å². The molecule has 30 heavy (non-hydrogen) atoms. The number of amides is 1. The minimum atomic E-state index is -3.47. The van der Waals surface area contributed by atoms with Gasteiger partial charge in [-0.15, -0.1) is 0 Å². The van der Waals surface area contributed by atoms with Crippen molar-refractivity contribution in [2.24, 2.45) is 5.92 Å². The molecule has 1 heterocycles. The van der Waals surface area contributed by atoms with Gasteiger partial charge in [0.25, 0.3) is 5.91 Å². The van der Waals surface area contributed by atoms with Crippen LogP contribution in [0.4, 0.5) is 0 Å². The second kappa shape index (κ2) is 9.28. The van der Waals surface area contributed by atoms with Crippen LogP contribution in [0.15, 0.2) is 59.5 Å². The Kier molecular flexibility index (Phi) is 6.95. The molecule has 0 aliphatic carbocycles. The molecule has 0 aromatic heterocycles. The van der Waals surface area contributed by atoms with Crippen LogP contribution in [0.5, 0.6) is 0 Å². The fraction of sp³-hybridized carbons (Fsp3) is 0.381. The van der Waals surface area contributed by atoms with Gasteiger partial charge in [0.05, 0.1) is 10.6 Å². The standard InChI is InChI=1S/C21H26N2O5S2/c1-29(25,26)16-18-7-9-19(10-8-18)21(24)22-15-17-11-13-23(14-12-17)30(27,28)20-5-3-2-4-6-20/h2-10,17H,11-16H2,1H3,(H,22,24). The van der Waals surface area contributed by atoms with Crippen LogP contribution in [-0.2, 0) is 25.6 Å². The molecule has 2 aromatic carbocycles. The lowest BCUT2D eigenvalue weighted by Gasteiger charge is -2.31. The number of nitrogens with zero attached hydrogens (tertiary/aromatic N) is 1. The molecule has 0 saturated carbocycles. The maximum atomic E-state index is 12.7. The maximum Gasteiger partial charge on any atom is 0.251 e. The Balaban J connectivity index is 1.49. The average molecular weight is 451 g/mol. The van der Waals surface area contributed by atoms with Crippen molar-refractivity contribution in [3.63, 3.8) is 0 Å². The third-order valence-corrected chi connectivity index (χ3v) is 7.92. The quantitative estimate of drug-likeness (QED) is 0.696. The van der Waals surface area contributed by atoms with E-state index in [-0.39, 0.29) is 17.6 Å². The summed E-state index contributed by atoms with van der Waals surface area (Å²) in [5.74, 6) is -0.0692. The Morgan fingerprint density at radius 3 is 2.13 bits per heavy atom. The first-order valence-corrected chi connectivity index (χ1v) is 13.3. The number of carbonyl (C=O) groups is 1. The summed E-state index contributed by atoms with van der Waals surface area (Å²) in [7, 11) is -6.59. The molecule has 0 radical (unpaired) electrons. The zero-order valence-corrected chi connectivity index (χ0v) is 18.5. The van der Waals surface area contributed by atoms with Gasteiger partial charge in [0.1, 0.15) is 0 Å². The van der Waals surface area contributed by atoms with E-state index in [1.165, 1.54) is 10.6 Å². The van der Waals surface area contributed by atoms with Crippen LogP contribution in [0.3, 0.4) is 0 Å². The second-order valence-electron chi connectivity index (χ2n) is 7.64. The van der Waals surface area contributed by atoms with E-state index in [1.54, 1.807) is 54.6 Å². The number of sulfonamides is 1. The fourth-order valence-corrected chi connectivity index (χ4v) is 5.78. The SMILES string of the molecule is CS(=O)(=O)Cc1ccc(C(=O)NCC2CCN(S(=O)(=O)c3ccccc3)CC2)cc1. The van der Waals surface area contributed by atoms with Gasteiger partial charge in [-0.05, 0) is 48.6 Å². The molecule has 0 atom stereocenters. The number of sulfone groups is 1. The van der Waals surface area contributed by atoms with Crippen molar-refractivity contribution >= 4 is 25.8 Å². The van der Waals surface area contributed by atoms with Crippen LogP contribution in [0.1, 0.15) is 28.8 Å². The van der Waals surface area contributed by atoms with Gasteiger partial charge in [-0.3, -0.25) is 4.79 Å². The first kappa shape index (κ1) is 22.5. The lowest BCUT2D eigenvalue weighted by molar-refractivity contribution is 0.0941. The molecule has 0 bridgehead atoms. The summed E-state index contributed by atoms with van der Waals surface area (Å²) in [5.41, 5.74) is 1.11. The molecule has 1 aliphatic heterocycles. The van der Waals surface area contributed by atoms with Crippen molar-refractivity contribution in [2.75, 3.05) is 25.9 Å². The number of benzene rings is 2. The monoisotopic (exact) mass is 450 g/mol. The molecule has 7 nitrogen and oxygen atoms in total. The number of nitrogens with one attached hydrogen (secondary N) is 1. The van der Waals surface area contributed by atoms with Crippen molar-refractivity contribution in [1.29, 1.82) is 0 Å². The number of carbonyl (C=O) groups excluding carboxylic acids is 1. The highest BCUT2D eigenvalue weighted by Gasteiger charge is 2.29. The molecule has 9 heteroatoms. The molecule has 0 spiro atoms. The van der Waals surface area contributed by atoms with Gasteiger partial charge >= 0.3 is 0 Å². The lowest BCUT2D eigenvalue weighted by Crippen LogP contribution is -2.41. The highest BCUT2D eigenvalue weighted by Crippen LogP contribution is 2.23. The van der Waals surface area contributed by atoms with Crippen LogP contribution in [-0.4, -0.2) is 52.9 Å². The van der Waals surface area contributed by atoms with Crippen LogP contribution in [0.2, 0.25) is 0 Å². The second-order valence-corrected chi connectivity index (χ2v) is 11.7. The minimum Gasteiger partial charge on any atom is -0.352 e. The summed E-state index contributed by atoms with van der Waals surface area (Å²) in [6.07, 6.45) is 2.53. The first-order valence-electron chi connectivity index (χ1n) is 9.75. The molecule has 162 valence electrons. The third-order valence-electron chi connectivity index (χ3n) is 5.15. The van der Waals surface area contributed by atoms with Crippen LogP contribution >= 0.6 is 0 Å². The Hall–Kier alpha value is -2.23. The Morgan fingerprint density at radius 1 is 0.967 bits per heavy atom. The zero-order chi connectivity index (χ0) is 21.8. The molecule has 1 fully saturated rings. The van der Waals surface area contributed by atoms with E-state index in [0.717, 1.165) is 0 Å². The Labute approximate surface area is 178 Å². The van der Waals surface area contributed by atoms with E-state index < -0.39 is 19.9 Å². The summed E-state index contributed by atoms with van der Waals surface area (Å²) < 4.78 is 49.5. The number of hydrogen-bond donors (Lipinski definition) is 1. The Morgan fingerprint density at radius 2 is 1.57 bits per heavy atom. The zero-order valence-electron chi connectivity index (χ0n) is 16.8. The normalized spacial score (nSPS) is 16.3. The van der Waals surface area contributed by atoms with Crippen molar-refractivity contribution in [3.8, 4) is 0 Å². The molecular weight excluding hydrogens is 424 g/mol. The summed E-state index contributed by atoms with van der Waals surface area (Å²) >= 11 is 0. The fourth-order valence-electron chi connectivity index (χ4n) is 3.49. The maximum absolute atomic E-state index is 12.7. The van der Waals surface area contributed by atoms with Crippen LogP contribution in [0.25, 0.3) is 0 Å². The first-order chi connectivity index (χ1) is 14.1. The van der Waals surface area contributed by atoms with Gasteiger partial charge in [0.2, 0.25) is 10.0 Å². The average Bonchev–Trinajstić information content (AvgIpc) is 2.72. The molecule has 2 aromatic rings. The van der Waals surface area contributed by atoms with Gasteiger partial charge in [0.15, 0.2) is 9.84 Å². The third kappa shape index (κ3) is 5.90. The van der Waals surface area contributed by atoms with Crippen molar-refractivity contribution in [1.82, 2.24) is 9.62 Å². The van der Waals surface area contributed by atoms with Gasteiger partial charge in [-0.1, -0.05) is 30.3 Å². The predicted octanol–water partition coefficient (Wildman–Crippen LogP) is 2.06. The molecule has 1 aliphatic rings. The van der Waals surface area contributed by atoms with Crippen molar-refractivity contribution in [2.45, 2.75) is 23.5 Å². The molecular formula is C21H26N2O5S2. The van der Waals surface area contributed by atoms with E-state index >= 15 is 0 Å². The van der Waals surface area contributed by atoms with Crippen molar-refractivity contribution in [3.05, 3.63) is 65.7 Å². The van der Waals surface area contributed by atoms with Gasteiger partial charge in [0, 0.05) is 31.5 Å². The van der Waals surface area contributed by atoms with E-state index in [4.69, 9.17) is 0 Å². The van der Waals surface area contributed by atoms with E-state index in [1.807, 2.05) is 0 Å². The molecule has 1 amide bonds. The molecule has 1 N–H and O–H groups in total. The summed E-state index contributed by atoms with van der Waals surface area (Å²) in [6.45, 7) is 1.33. The number of piperidine rings is 1. The van der Waals surface area contributed by atoms with Gasteiger partial charge < -0.3 is 5.32 Å². The predicted molar refractivity (Wildman–Crippen MR) is 115 cm³/mol. The molecule has 1 saturated heterocycles. The molecule has 0 unspecified atom stereocenters. The highest BCUT2D eigenvalue weighted by atomic mass is 32.2. The number of rotatable bonds is 7. The largest absolute Gasteiger partial charge is 0.352 e. The van der Waals surface area contributed by atoms with Crippen molar-refractivity contribution < 1.29 is 21.6 Å². The van der Waals surface area contributed by atoms with Crippen LogP contribution in [0, 0.1) is 5.92 Å².